The second kappa shape index (κ2) is 6.97. The van der Waals surface area contributed by atoms with Gasteiger partial charge in [-0.3, -0.25) is 0 Å². The smallest absolute Gasteiger partial charge is 0.123 e. The van der Waals surface area contributed by atoms with Crippen molar-refractivity contribution in [3.8, 4) is 5.75 Å². The number of benzene rings is 1. The summed E-state index contributed by atoms with van der Waals surface area (Å²) in [7, 11) is 0. The number of hydrogen-bond donors (Lipinski definition) is 0. The maximum atomic E-state index is 12.7. The van der Waals surface area contributed by atoms with Crippen molar-refractivity contribution in [3.05, 3.63) is 40.5 Å². The Labute approximate surface area is 111 Å². The number of hydrogen-bond acceptors (Lipinski definition) is 3. The molecule has 0 unspecified atom stereocenters. The molecule has 0 aromatic heterocycles. The van der Waals surface area contributed by atoms with Crippen molar-refractivity contribution in [1.82, 2.24) is 0 Å². The molecular weight excluding hydrogens is 249 g/mol. The summed E-state index contributed by atoms with van der Waals surface area (Å²) in [6.45, 7) is 1.55. The Hall–Kier alpha value is -1.78. The van der Waals surface area contributed by atoms with Gasteiger partial charge in [0.05, 0.1) is 25.9 Å². The fourth-order valence-electron chi connectivity index (χ4n) is 2.01. The van der Waals surface area contributed by atoms with Gasteiger partial charge in [-0.15, -0.1) is 0 Å². The molecular formula is C13H16FN3O2. The van der Waals surface area contributed by atoms with Gasteiger partial charge in [0.2, 0.25) is 0 Å². The first-order valence-electron chi connectivity index (χ1n) is 6.28. The Morgan fingerprint density at radius 3 is 2.79 bits per heavy atom. The SMILES string of the molecule is [N-]=[N+]=NC[C@@H]1CC[C@@H](COc2ccc(F)cc2)CO1. The van der Waals surface area contributed by atoms with E-state index in [2.05, 4.69) is 10.0 Å². The Kier molecular flexibility index (Phi) is 5.01. The Morgan fingerprint density at radius 2 is 2.16 bits per heavy atom. The summed E-state index contributed by atoms with van der Waals surface area (Å²) in [6, 6.07) is 5.98. The molecule has 19 heavy (non-hydrogen) atoms. The van der Waals surface area contributed by atoms with Crippen LogP contribution in [0.3, 0.4) is 0 Å². The summed E-state index contributed by atoms with van der Waals surface area (Å²) in [4.78, 5) is 2.72. The third kappa shape index (κ3) is 4.43. The molecule has 102 valence electrons. The molecule has 0 amide bonds. The molecule has 1 saturated heterocycles. The zero-order chi connectivity index (χ0) is 13.5. The van der Waals surface area contributed by atoms with E-state index in [1.807, 2.05) is 0 Å². The minimum Gasteiger partial charge on any atom is -0.493 e. The van der Waals surface area contributed by atoms with Crippen molar-refractivity contribution in [3.63, 3.8) is 0 Å². The third-order valence-electron chi connectivity index (χ3n) is 3.11. The fourth-order valence-corrected chi connectivity index (χ4v) is 2.01. The first kappa shape index (κ1) is 13.6. The standard InChI is InChI=1S/C13H16FN3O2/c14-11-2-5-12(6-3-11)18-8-10-1-4-13(19-9-10)7-16-17-15/h2-3,5-6,10,13H,1,4,7-9H2/t10-,13-/m0/s1. The van der Waals surface area contributed by atoms with Crippen LogP contribution in [0.25, 0.3) is 10.4 Å². The predicted octanol–water partition coefficient (Wildman–Crippen LogP) is 3.31. The van der Waals surface area contributed by atoms with Crippen LogP contribution < -0.4 is 4.74 Å². The summed E-state index contributed by atoms with van der Waals surface area (Å²) < 4.78 is 23.9. The molecule has 0 saturated carbocycles. The van der Waals surface area contributed by atoms with Crippen LogP contribution in [0.2, 0.25) is 0 Å². The molecule has 0 bridgehead atoms. The van der Waals surface area contributed by atoms with Crippen molar-refractivity contribution in [2.75, 3.05) is 19.8 Å². The maximum Gasteiger partial charge on any atom is 0.123 e. The summed E-state index contributed by atoms with van der Waals surface area (Å²) >= 11 is 0. The second-order valence-corrected chi connectivity index (χ2v) is 4.58. The van der Waals surface area contributed by atoms with Gasteiger partial charge in [-0.05, 0) is 42.6 Å². The van der Waals surface area contributed by atoms with Crippen LogP contribution in [0.1, 0.15) is 12.8 Å². The number of rotatable bonds is 5. The van der Waals surface area contributed by atoms with E-state index in [-0.39, 0.29) is 11.9 Å². The first-order valence-corrected chi connectivity index (χ1v) is 6.28. The van der Waals surface area contributed by atoms with Crippen LogP contribution >= 0.6 is 0 Å². The highest BCUT2D eigenvalue weighted by atomic mass is 19.1. The summed E-state index contributed by atoms with van der Waals surface area (Å²) in [6.07, 6.45) is 1.88. The van der Waals surface area contributed by atoms with Crippen LogP contribution in [0.15, 0.2) is 29.4 Å². The van der Waals surface area contributed by atoms with Gasteiger partial charge in [0, 0.05) is 10.8 Å². The second-order valence-electron chi connectivity index (χ2n) is 4.58. The van der Waals surface area contributed by atoms with Crippen molar-refractivity contribution < 1.29 is 13.9 Å². The van der Waals surface area contributed by atoms with Crippen LogP contribution in [0.4, 0.5) is 4.39 Å². The molecule has 1 aromatic rings. The molecule has 2 rings (SSSR count). The monoisotopic (exact) mass is 265 g/mol. The number of halogens is 1. The van der Waals surface area contributed by atoms with Crippen molar-refractivity contribution in [2.45, 2.75) is 18.9 Å². The lowest BCUT2D eigenvalue weighted by Crippen LogP contribution is -2.30. The average molecular weight is 265 g/mol. The third-order valence-corrected chi connectivity index (χ3v) is 3.11. The summed E-state index contributed by atoms with van der Waals surface area (Å²) in [5.41, 5.74) is 8.23. The van der Waals surface area contributed by atoms with Gasteiger partial charge in [0.1, 0.15) is 11.6 Å². The highest BCUT2D eigenvalue weighted by Gasteiger charge is 2.21. The lowest BCUT2D eigenvalue weighted by molar-refractivity contribution is -0.0218. The Balaban J connectivity index is 1.71. The summed E-state index contributed by atoms with van der Waals surface area (Å²) in [5, 5.41) is 3.51. The van der Waals surface area contributed by atoms with E-state index in [1.165, 1.54) is 12.1 Å². The largest absolute Gasteiger partial charge is 0.493 e. The summed E-state index contributed by atoms with van der Waals surface area (Å²) in [5.74, 6) is 0.721. The molecule has 0 N–H and O–H groups in total. The molecule has 1 aliphatic heterocycles. The molecule has 0 spiro atoms. The molecule has 0 radical (unpaired) electrons. The predicted molar refractivity (Wildman–Crippen MR) is 68.4 cm³/mol. The van der Waals surface area contributed by atoms with Crippen molar-refractivity contribution in [2.24, 2.45) is 11.0 Å². The van der Waals surface area contributed by atoms with Gasteiger partial charge in [-0.1, -0.05) is 5.11 Å². The van der Waals surface area contributed by atoms with Crippen molar-refractivity contribution >= 4 is 0 Å². The fraction of sp³-hybridized carbons (Fsp3) is 0.538. The van der Waals surface area contributed by atoms with Gasteiger partial charge in [0.15, 0.2) is 0 Å². The lowest BCUT2D eigenvalue weighted by atomic mass is 9.99. The highest BCUT2D eigenvalue weighted by Crippen LogP contribution is 2.21. The highest BCUT2D eigenvalue weighted by molar-refractivity contribution is 5.22. The number of azide groups is 1. The van der Waals surface area contributed by atoms with Crippen molar-refractivity contribution in [1.29, 1.82) is 0 Å². The lowest BCUT2D eigenvalue weighted by Gasteiger charge is -2.28. The topological polar surface area (TPSA) is 67.2 Å². The Morgan fingerprint density at radius 1 is 1.37 bits per heavy atom. The first-order chi connectivity index (χ1) is 9.28. The van der Waals surface area contributed by atoms with E-state index in [4.69, 9.17) is 15.0 Å². The van der Waals surface area contributed by atoms with Gasteiger partial charge in [-0.2, -0.15) is 0 Å². The minimum atomic E-state index is -0.269. The van der Waals surface area contributed by atoms with E-state index >= 15 is 0 Å². The van der Waals surface area contributed by atoms with Gasteiger partial charge in [0.25, 0.3) is 0 Å². The molecule has 1 fully saturated rings. The van der Waals surface area contributed by atoms with E-state index in [0.717, 1.165) is 12.8 Å². The molecule has 2 atom stereocenters. The molecule has 1 aliphatic rings. The quantitative estimate of drug-likeness (QED) is 0.465. The number of ether oxygens (including phenoxy) is 2. The maximum absolute atomic E-state index is 12.7. The van der Waals surface area contributed by atoms with E-state index < -0.39 is 0 Å². The Bertz CT molecular complexity index is 438. The average Bonchev–Trinajstić information content (AvgIpc) is 2.46. The molecule has 1 aromatic carbocycles. The zero-order valence-electron chi connectivity index (χ0n) is 10.5. The number of nitrogens with zero attached hydrogens (tertiary/aromatic N) is 3. The molecule has 6 heteroatoms. The zero-order valence-corrected chi connectivity index (χ0v) is 10.5. The normalized spacial score (nSPS) is 22.6. The van der Waals surface area contributed by atoms with Crippen LogP contribution in [0.5, 0.6) is 5.75 Å². The minimum absolute atomic E-state index is 0.0259. The van der Waals surface area contributed by atoms with Crippen LogP contribution in [-0.4, -0.2) is 25.9 Å². The van der Waals surface area contributed by atoms with Gasteiger partial charge >= 0.3 is 0 Å². The van der Waals surface area contributed by atoms with Crippen LogP contribution in [0, 0.1) is 11.7 Å². The molecule has 1 heterocycles. The van der Waals surface area contributed by atoms with Gasteiger partial charge < -0.3 is 9.47 Å². The molecule has 5 nitrogen and oxygen atoms in total. The van der Waals surface area contributed by atoms with Crippen LogP contribution in [-0.2, 0) is 4.74 Å². The van der Waals surface area contributed by atoms with E-state index in [0.29, 0.717) is 31.4 Å². The van der Waals surface area contributed by atoms with E-state index in [1.54, 1.807) is 12.1 Å². The van der Waals surface area contributed by atoms with E-state index in [9.17, 15) is 4.39 Å². The molecule has 0 aliphatic carbocycles. The van der Waals surface area contributed by atoms with Gasteiger partial charge in [-0.25, -0.2) is 4.39 Å².